The molecule has 0 aliphatic heterocycles. The first-order valence-electron chi connectivity index (χ1n) is 10.9. The van der Waals surface area contributed by atoms with Crippen molar-refractivity contribution in [2.24, 2.45) is 5.92 Å². The predicted molar refractivity (Wildman–Crippen MR) is 133 cm³/mol. The smallest absolute Gasteiger partial charge is 0.404 e. The molecule has 1 unspecified atom stereocenters. The van der Waals surface area contributed by atoms with Gasteiger partial charge in [-0.15, -0.1) is 0 Å². The van der Waals surface area contributed by atoms with Crippen LogP contribution in [0.4, 0.5) is 21.0 Å². The van der Waals surface area contributed by atoms with Crippen molar-refractivity contribution in [3.8, 4) is 17.9 Å². The molecule has 0 fully saturated rings. The molecule has 2 aromatic carbocycles. The third-order valence-corrected chi connectivity index (χ3v) is 4.35. The lowest BCUT2D eigenvalue weighted by atomic mass is 10.1. The number of nitriles is 2. The average molecular weight is 468 g/mol. The van der Waals surface area contributed by atoms with Crippen LogP contribution >= 0.6 is 0 Å². The first-order valence-corrected chi connectivity index (χ1v) is 10.9. The normalized spacial score (nSPS) is 9.85. The number of carbonyl (C=O) groups excluding carboxylic acids is 1. The molecule has 3 amide bonds. The van der Waals surface area contributed by atoms with E-state index in [-0.39, 0.29) is 6.54 Å². The number of methoxy groups -OCH3 is 1. The van der Waals surface area contributed by atoms with Gasteiger partial charge < -0.3 is 25.8 Å². The molecule has 0 aromatic heterocycles. The van der Waals surface area contributed by atoms with E-state index in [0.717, 1.165) is 6.42 Å². The first-order chi connectivity index (χ1) is 16.3. The highest BCUT2D eigenvalue weighted by molar-refractivity contribution is 6.00. The zero-order valence-corrected chi connectivity index (χ0v) is 20.3. The summed E-state index contributed by atoms with van der Waals surface area (Å²) < 4.78 is 5.09. The summed E-state index contributed by atoms with van der Waals surface area (Å²) in [6.07, 6.45) is 0.704. The summed E-state index contributed by atoms with van der Waals surface area (Å²) in [5.74, 6) is 0.951. The number of ether oxygens (including phenoxy) is 1. The van der Waals surface area contributed by atoms with Crippen LogP contribution in [0.1, 0.15) is 51.7 Å². The van der Waals surface area contributed by atoms with Gasteiger partial charge in [0.15, 0.2) is 0 Å². The number of amides is 3. The minimum Gasteiger partial charge on any atom is -0.495 e. The monoisotopic (exact) mass is 467 g/mol. The summed E-state index contributed by atoms with van der Waals surface area (Å²) >= 11 is 0. The van der Waals surface area contributed by atoms with Crippen LogP contribution in [0.5, 0.6) is 5.75 Å². The van der Waals surface area contributed by atoms with Crippen molar-refractivity contribution in [3.05, 3.63) is 53.6 Å². The molecule has 2 aromatic rings. The van der Waals surface area contributed by atoms with Gasteiger partial charge >= 0.3 is 12.1 Å². The van der Waals surface area contributed by atoms with E-state index >= 15 is 0 Å². The van der Waals surface area contributed by atoms with Crippen LogP contribution in [0.25, 0.3) is 0 Å². The Kier molecular flexibility index (Phi) is 15.2. The van der Waals surface area contributed by atoms with Gasteiger partial charge in [0.05, 0.1) is 18.7 Å². The maximum absolute atomic E-state index is 12.1. The largest absolute Gasteiger partial charge is 0.495 e. The Labute approximate surface area is 201 Å². The molecule has 0 aliphatic carbocycles. The van der Waals surface area contributed by atoms with Gasteiger partial charge in [0.1, 0.15) is 11.8 Å². The summed E-state index contributed by atoms with van der Waals surface area (Å²) in [4.78, 5) is 22.6. The molecule has 0 heterocycles. The number of rotatable bonds is 7. The van der Waals surface area contributed by atoms with Crippen molar-refractivity contribution in [2.45, 2.75) is 47.1 Å². The van der Waals surface area contributed by atoms with Crippen molar-refractivity contribution >= 4 is 23.5 Å². The maximum atomic E-state index is 12.1. The van der Waals surface area contributed by atoms with Crippen molar-refractivity contribution in [3.63, 3.8) is 0 Å². The number of carboxylic acid groups (broad SMARTS) is 1. The Morgan fingerprint density at radius 1 is 1.09 bits per heavy atom. The SMILES string of the molecule is CC.CCC(C)CC#N.COc1cc(NC(=O)Nc2cccc(CNC(=O)O)c2)ccc1C#N. The van der Waals surface area contributed by atoms with E-state index in [1.54, 1.807) is 42.5 Å². The second kappa shape index (κ2) is 17.3. The molecule has 0 saturated heterocycles. The lowest BCUT2D eigenvalue weighted by Crippen LogP contribution is -2.21. The lowest BCUT2D eigenvalue weighted by Gasteiger charge is -2.10. The maximum Gasteiger partial charge on any atom is 0.404 e. The fraction of sp³-hybridized carbons (Fsp3) is 0.360. The summed E-state index contributed by atoms with van der Waals surface area (Å²) in [5, 5.41) is 33.2. The third kappa shape index (κ3) is 12.0. The van der Waals surface area contributed by atoms with Crippen LogP contribution in [-0.2, 0) is 6.54 Å². The molecule has 0 bridgehead atoms. The van der Waals surface area contributed by atoms with Crippen LogP contribution in [0.3, 0.4) is 0 Å². The molecule has 1 atom stereocenters. The van der Waals surface area contributed by atoms with E-state index in [1.807, 2.05) is 19.9 Å². The summed E-state index contributed by atoms with van der Waals surface area (Å²) in [5.41, 5.74) is 2.06. The van der Waals surface area contributed by atoms with Crippen LogP contribution in [0.2, 0.25) is 0 Å². The second-order valence-corrected chi connectivity index (χ2v) is 6.84. The molecule has 2 rings (SSSR count). The predicted octanol–water partition coefficient (Wildman–Crippen LogP) is 5.95. The van der Waals surface area contributed by atoms with E-state index < -0.39 is 12.1 Å². The number of urea groups is 1. The van der Waals surface area contributed by atoms with Gasteiger partial charge in [-0.3, -0.25) is 0 Å². The van der Waals surface area contributed by atoms with Crippen LogP contribution in [0, 0.1) is 28.6 Å². The molecule has 0 radical (unpaired) electrons. The van der Waals surface area contributed by atoms with Crippen molar-refractivity contribution < 1.29 is 19.4 Å². The fourth-order valence-electron chi connectivity index (χ4n) is 2.39. The van der Waals surface area contributed by atoms with Crippen LogP contribution in [-0.4, -0.2) is 24.3 Å². The standard InChI is InChI=1S/C17H16N4O4.C6H11N.C2H6/c1-25-15-8-14(6-5-12(15)9-18)21-16(22)20-13-4-2-3-11(7-13)10-19-17(23)24;1-3-6(2)4-5-7;1-2/h2-8,19H,10H2,1H3,(H,23,24)(H2,20,21,22);6H,3-4H2,1-2H3;1-2H3. The molecular formula is C25H33N5O4. The Balaban J connectivity index is 0.00000104. The summed E-state index contributed by atoms with van der Waals surface area (Å²) in [6, 6.07) is 15.1. The highest BCUT2D eigenvalue weighted by Gasteiger charge is 2.07. The van der Waals surface area contributed by atoms with Gasteiger partial charge in [0, 0.05) is 30.4 Å². The van der Waals surface area contributed by atoms with Gasteiger partial charge in [0.25, 0.3) is 0 Å². The molecule has 0 aliphatic rings. The molecule has 9 nitrogen and oxygen atoms in total. The number of benzene rings is 2. The number of nitrogens with one attached hydrogen (secondary N) is 3. The molecule has 0 saturated carbocycles. The van der Waals surface area contributed by atoms with Gasteiger partial charge in [-0.05, 0) is 35.7 Å². The number of anilines is 2. The van der Waals surface area contributed by atoms with E-state index in [1.165, 1.54) is 7.11 Å². The summed E-state index contributed by atoms with van der Waals surface area (Å²) in [6.45, 7) is 8.32. The molecular weight excluding hydrogens is 434 g/mol. The second-order valence-electron chi connectivity index (χ2n) is 6.84. The number of hydrogen-bond donors (Lipinski definition) is 4. The van der Waals surface area contributed by atoms with Gasteiger partial charge in [0.2, 0.25) is 0 Å². The molecule has 9 heteroatoms. The summed E-state index contributed by atoms with van der Waals surface area (Å²) in [7, 11) is 1.44. The number of carbonyl (C=O) groups is 2. The quantitative estimate of drug-likeness (QED) is 0.395. The minimum absolute atomic E-state index is 0.138. The minimum atomic E-state index is -1.12. The zero-order chi connectivity index (χ0) is 25.9. The molecule has 4 N–H and O–H groups in total. The highest BCUT2D eigenvalue weighted by atomic mass is 16.5. The van der Waals surface area contributed by atoms with Crippen molar-refractivity contribution in [2.75, 3.05) is 17.7 Å². The Morgan fingerprint density at radius 3 is 2.24 bits per heavy atom. The van der Waals surface area contributed by atoms with E-state index in [0.29, 0.717) is 40.6 Å². The number of hydrogen-bond acceptors (Lipinski definition) is 5. The van der Waals surface area contributed by atoms with Gasteiger partial charge in [-0.2, -0.15) is 10.5 Å². The van der Waals surface area contributed by atoms with Crippen molar-refractivity contribution in [1.29, 1.82) is 10.5 Å². The van der Waals surface area contributed by atoms with Gasteiger partial charge in [-0.1, -0.05) is 46.2 Å². The van der Waals surface area contributed by atoms with Crippen molar-refractivity contribution in [1.82, 2.24) is 5.32 Å². The fourth-order valence-corrected chi connectivity index (χ4v) is 2.39. The molecule has 0 spiro atoms. The highest BCUT2D eigenvalue weighted by Crippen LogP contribution is 2.22. The number of nitrogens with zero attached hydrogens (tertiary/aromatic N) is 2. The first kappa shape index (κ1) is 29.8. The zero-order valence-electron chi connectivity index (χ0n) is 20.3. The average Bonchev–Trinajstić information content (AvgIpc) is 2.84. The lowest BCUT2D eigenvalue weighted by molar-refractivity contribution is 0.194. The van der Waals surface area contributed by atoms with Crippen LogP contribution in [0.15, 0.2) is 42.5 Å². The van der Waals surface area contributed by atoms with E-state index in [4.69, 9.17) is 20.4 Å². The molecule has 182 valence electrons. The van der Waals surface area contributed by atoms with E-state index in [9.17, 15) is 9.59 Å². The van der Waals surface area contributed by atoms with Gasteiger partial charge in [-0.25, -0.2) is 9.59 Å². The van der Waals surface area contributed by atoms with Crippen LogP contribution < -0.4 is 20.7 Å². The molecule has 34 heavy (non-hydrogen) atoms. The Hall–Kier alpha value is -4.24. The Bertz CT molecular complexity index is 996. The topological polar surface area (TPSA) is 147 Å². The van der Waals surface area contributed by atoms with E-state index in [2.05, 4.69) is 35.9 Å². The third-order valence-electron chi connectivity index (χ3n) is 4.35. The Morgan fingerprint density at radius 2 is 1.74 bits per heavy atom.